The number of hydrogen-bond acceptors (Lipinski definition) is 6. The van der Waals surface area contributed by atoms with Crippen LogP contribution < -0.4 is 5.32 Å². The Morgan fingerprint density at radius 3 is 2.71 bits per heavy atom. The van der Waals surface area contributed by atoms with Crippen molar-refractivity contribution in [3.63, 3.8) is 0 Å². The van der Waals surface area contributed by atoms with Crippen LogP contribution in [0, 0.1) is 4.77 Å². The van der Waals surface area contributed by atoms with E-state index in [1.165, 1.54) is 11.8 Å². The minimum Gasteiger partial charge on any atom is -0.336 e. The van der Waals surface area contributed by atoms with Crippen LogP contribution in [-0.4, -0.2) is 41.9 Å². The smallest absolute Gasteiger partial charge is 0.274 e. The lowest BCUT2D eigenvalue weighted by Gasteiger charge is -2.10. The molecule has 2 N–H and O–H groups in total. The van der Waals surface area contributed by atoms with Gasteiger partial charge in [-0.1, -0.05) is 36.0 Å². The number of carbonyl (C=O) groups excluding carboxylic acids is 1. The number of aromatic nitrogens is 6. The fraction of sp³-hybridized carbons (Fsp3) is 0.0556. The normalized spacial score (nSPS) is 10.8. The molecular formula is C18H15N7OS2. The Morgan fingerprint density at radius 2 is 1.93 bits per heavy atom. The Kier molecular flexibility index (Phi) is 5.04. The van der Waals surface area contributed by atoms with Gasteiger partial charge in [0.25, 0.3) is 5.91 Å². The molecule has 0 unspecified atom stereocenters. The highest BCUT2D eigenvalue weighted by Crippen LogP contribution is 2.20. The molecule has 2 aromatic carbocycles. The SMILES string of the molecule is CSc1nnnn1-c1cccc(NC(=O)c2c[nH]c(=S)n2-c2ccccc2)c1. The molecule has 0 bridgehead atoms. The van der Waals surface area contributed by atoms with E-state index >= 15 is 0 Å². The number of thioether (sulfide) groups is 1. The topological polar surface area (TPSA) is 93.4 Å². The summed E-state index contributed by atoms with van der Waals surface area (Å²) in [7, 11) is 0. The number of hydrogen-bond donors (Lipinski definition) is 2. The molecule has 8 nitrogen and oxygen atoms in total. The highest BCUT2D eigenvalue weighted by atomic mass is 32.2. The predicted molar refractivity (Wildman–Crippen MR) is 110 cm³/mol. The Bertz CT molecular complexity index is 1180. The zero-order valence-corrected chi connectivity index (χ0v) is 16.4. The number of amides is 1. The van der Waals surface area contributed by atoms with Crippen molar-refractivity contribution in [1.29, 1.82) is 0 Å². The highest BCUT2D eigenvalue weighted by Gasteiger charge is 2.15. The van der Waals surface area contributed by atoms with E-state index in [-0.39, 0.29) is 5.91 Å². The van der Waals surface area contributed by atoms with E-state index in [1.54, 1.807) is 21.5 Å². The van der Waals surface area contributed by atoms with E-state index in [4.69, 9.17) is 12.2 Å². The molecule has 2 aromatic heterocycles. The number of benzene rings is 2. The van der Waals surface area contributed by atoms with Gasteiger partial charge in [0.1, 0.15) is 5.69 Å². The van der Waals surface area contributed by atoms with Gasteiger partial charge in [0.2, 0.25) is 5.16 Å². The first-order valence-corrected chi connectivity index (χ1v) is 9.90. The van der Waals surface area contributed by atoms with E-state index in [0.29, 0.717) is 21.3 Å². The van der Waals surface area contributed by atoms with E-state index in [1.807, 2.05) is 54.8 Å². The molecular weight excluding hydrogens is 394 g/mol. The highest BCUT2D eigenvalue weighted by molar-refractivity contribution is 7.98. The van der Waals surface area contributed by atoms with Gasteiger partial charge < -0.3 is 10.3 Å². The lowest BCUT2D eigenvalue weighted by molar-refractivity contribution is 0.102. The number of rotatable bonds is 5. The van der Waals surface area contributed by atoms with E-state index in [2.05, 4.69) is 25.8 Å². The molecule has 0 aliphatic rings. The van der Waals surface area contributed by atoms with Crippen LogP contribution in [0.15, 0.2) is 66.0 Å². The Morgan fingerprint density at radius 1 is 1.14 bits per heavy atom. The van der Waals surface area contributed by atoms with Crippen LogP contribution in [0.1, 0.15) is 10.5 Å². The van der Waals surface area contributed by atoms with Crippen molar-refractivity contribution in [2.45, 2.75) is 5.16 Å². The molecule has 0 aliphatic heterocycles. The van der Waals surface area contributed by atoms with Gasteiger partial charge in [0.15, 0.2) is 4.77 Å². The van der Waals surface area contributed by atoms with Crippen LogP contribution >= 0.6 is 24.0 Å². The van der Waals surface area contributed by atoms with Crippen LogP contribution in [0.25, 0.3) is 11.4 Å². The predicted octanol–water partition coefficient (Wildman–Crippen LogP) is 3.48. The molecule has 10 heteroatoms. The van der Waals surface area contributed by atoms with Gasteiger partial charge in [-0.15, -0.1) is 5.10 Å². The van der Waals surface area contributed by atoms with Crippen molar-refractivity contribution >= 4 is 35.6 Å². The molecule has 1 amide bonds. The van der Waals surface area contributed by atoms with Crippen molar-refractivity contribution in [2.24, 2.45) is 0 Å². The molecule has 4 rings (SSSR count). The maximum atomic E-state index is 12.9. The number of imidazole rings is 1. The minimum atomic E-state index is -0.282. The maximum Gasteiger partial charge on any atom is 0.274 e. The van der Waals surface area contributed by atoms with Gasteiger partial charge >= 0.3 is 0 Å². The minimum absolute atomic E-state index is 0.282. The summed E-state index contributed by atoms with van der Waals surface area (Å²) in [4.78, 5) is 15.8. The Hall–Kier alpha value is -3.24. The third-order valence-corrected chi connectivity index (χ3v) is 4.92. The second-order valence-corrected chi connectivity index (χ2v) is 6.89. The van der Waals surface area contributed by atoms with Crippen molar-refractivity contribution in [3.8, 4) is 11.4 Å². The Labute approximate surface area is 169 Å². The maximum absolute atomic E-state index is 12.9. The van der Waals surface area contributed by atoms with Gasteiger partial charge in [-0.2, -0.15) is 4.68 Å². The summed E-state index contributed by atoms with van der Waals surface area (Å²) in [6.45, 7) is 0. The fourth-order valence-corrected chi connectivity index (χ4v) is 3.44. The van der Waals surface area contributed by atoms with Crippen molar-refractivity contribution < 1.29 is 4.79 Å². The number of para-hydroxylation sites is 1. The third-order valence-electron chi connectivity index (χ3n) is 4.00. The first kappa shape index (κ1) is 18.1. The quantitative estimate of drug-likeness (QED) is 0.387. The third kappa shape index (κ3) is 3.47. The summed E-state index contributed by atoms with van der Waals surface area (Å²) in [5.74, 6) is -0.282. The molecule has 0 saturated heterocycles. The number of aromatic amines is 1. The van der Waals surface area contributed by atoms with Gasteiger partial charge in [-0.05, 0) is 59.2 Å². The van der Waals surface area contributed by atoms with Crippen molar-refractivity contribution in [3.05, 3.63) is 71.3 Å². The van der Waals surface area contributed by atoms with Crippen LogP contribution in [0.2, 0.25) is 0 Å². The van der Waals surface area contributed by atoms with Crippen LogP contribution in [0.3, 0.4) is 0 Å². The molecule has 0 spiro atoms. The fourth-order valence-electron chi connectivity index (χ4n) is 2.75. The second kappa shape index (κ2) is 7.79. The first-order chi connectivity index (χ1) is 13.7. The molecule has 0 saturated carbocycles. The van der Waals surface area contributed by atoms with Gasteiger partial charge in [0, 0.05) is 17.6 Å². The van der Waals surface area contributed by atoms with Crippen LogP contribution in [0.4, 0.5) is 5.69 Å². The van der Waals surface area contributed by atoms with Crippen LogP contribution in [-0.2, 0) is 0 Å². The van der Waals surface area contributed by atoms with Gasteiger partial charge in [-0.25, -0.2) is 0 Å². The van der Waals surface area contributed by atoms with Gasteiger partial charge in [-0.3, -0.25) is 9.36 Å². The average molecular weight is 410 g/mol. The number of anilines is 1. The number of carbonyl (C=O) groups is 1. The summed E-state index contributed by atoms with van der Waals surface area (Å²) < 4.78 is 3.76. The monoisotopic (exact) mass is 409 g/mol. The molecule has 2 heterocycles. The summed E-state index contributed by atoms with van der Waals surface area (Å²) in [6, 6.07) is 16.8. The lowest BCUT2D eigenvalue weighted by Crippen LogP contribution is -2.16. The van der Waals surface area contributed by atoms with E-state index in [9.17, 15) is 4.79 Å². The van der Waals surface area contributed by atoms with Crippen LogP contribution in [0.5, 0.6) is 0 Å². The average Bonchev–Trinajstić information content (AvgIpc) is 3.35. The molecule has 0 aliphatic carbocycles. The second-order valence-electron chi connectivity index (χ2n) is 5.73. The van der Waals surface area contributed by atoms with E-state index in [0.717, 1.165) is 11.4 Å². The van der Waals surface area contributed by atoms with Gasteiger partial charge in [0.05, 0.1) is 5.69 Å². The number of tetrazole rings is 1. The van der Waals surface area contributed by atoms with E-state index < -0.39 is 0 Å². The zero-order chi connectivity index (χ0) is 19.5. The molecule has 0 fully saturated rings. The summed E-state index contributed by atoms with van der Waals surface area (Å²) >= 11 is 6.78. The Balaban J connectivity index is 1.64. The number of nitrogens with one attached hydrogen (secondary N) is 2. The van der Waals surface area contributed by atoms with Crippen molar-refractivity contribution in [1.82, 2.24) is 29.8 Å². The summed E-state index contributed by atoms with van der Waals surface area (Å²) in [6.07, 6.45) is 3.50. The molecule has 0 atom stereocenters. The summed E-state index contributed by atoms with van der Waals surface area (Å²) in [5, 5.41) is 15.2. The molecule has 140 valence electrons. The molecule has 0 radical (unpaired) electrons. The molecule has 28 heavy (non-hydrogen) atoms. The molecule has 4 aromatic rings. The standard InChI is InChI=1S/C18H15N7OS2/c1-28-18-21-22-23-25(18)14-9-5-6-12(10-14)20-16(26)15-11-19-17(27)24(15)13-7-3-2-4-8-13/h2-11H,1H3,(H,19,27)(H,20,26). The largest absolute Gasteiger partial charge is 0.336 e. The number of nitrogens with zero attached hydrogens (tertiary/aromatic N) is 5. The summed E-state index contributed by atoms with van der Waals surface area (Å²) in [5.41, 5.74) is 2.60. The first-order valence-electron chi connectivity index (χ1n) is 8.27. The lowest BCUT2D eigenvalue weighted by atomic mass is 10.2. The zero-order valence-electron chi connectivity index (χ0n) is 14.7. The van der Waals surface area contributed by atoms with Crippen molar-refractivity contribution in [2.75, 3.05) is 11.6 Å². The number of H-pyrrole nitrogens is 1.